The molecule has 0 saturated heterocycles. The van der Waals surface area contributed by atoms with Gasteiger partial charge in [-0.2, -0.15) is 0 Å². The lowest BCUT2D eigenvalue weighted by Gasteiger charge is -1.93. The van der Waals surface area contributed by atoms with E-state index in [1.165, 1.54) is 0 Å². The number of hydrogen-bond acceptors (Lipinski definition) is 0. The second-order valence-electron chi connectivity index (χ2n) is 1.29. The van der Waals surface area contributed by atoms with Crippen LogP contribution in [0.1, 0.15) is 23.5 Å². The fraction of sp³-hybridized carbons (Fsp3) is 0.250. The molecule has 0 unspecified atom stereocenters. The Bertz CT molecular complexity index is 446. The maximum atomic E-state index is 7.51. The van der Waals surface area contributed by atoms with Crippen LogP contribution in [0.4, 0.5) is 0 Å². The first-order chi connectivity index (χ1) is 7.59. The van der Waals surface area contributed by atoms with Gasteiger partial charge in [-0.25, -0.2) is 0 Å². The van der Waals surface area contributed by atoms with Crippen LogP contribution < -0.4 is 0 Å². The van der Waals surface area contributed by atoms with E-state index in [2.05, 4.69) is 0 Å². The number of hydrogen-bond donors (Lipinski definition) is 0. The van der Waals surface area contributed by atoms with E-state index >= 15 is 0 Å². The van der Waals surface area contributed by atoms with Crippen LogP contribution in [-0.4, -0.2) is 0 Å². The molecule has 0 heteroatoms. The lowest BCUT2D eigenvalue weighted by molar-refractivity contribution is 1.34. The summed E-state index contributed by atoms with van der Waals surface area (Å²) in [7, 11) is 0. The number of rotatable bonds is 0. The second-order valence-corrected chi connectivity index (χ2v) is 1.29. The zero-order valence-electron chi connectivity index (χ0n) is 13.1. The molecule has 42 valence electrons. The minimum absolute atomic E-state index is 0.490. The van der Waals surface area contributed by atoms with Gasteiger partial charge in [0.2, 0.25) is 0 Å². The molecular weight excluding hydrogens is 96.1 g/mol. The van der Waals surface area contributed by atoms with Crippen molar-refractivity contribution in [3.8, 4) is 0 Å². The third-order valence-corrected chi connectivity index (χ3v) is 0.717. The lowest BCUT2D eigenvalue weighted by atomic mass is 10.1. The monoisotopic (exact) mass is 115 g/mol. The molecule has 1 aromatic carbocycles. The van der Waals surface area contributed by atoms with Gasteiger partial charge in [0.05, 0.1) is 5.48 Å². The van der Waals surface area contributed by atoms with Crippen LogP contribution in [0.5, 0.6) is 0 Å². The first-order valence-electron chi connectivity index (χ1n) is 6.69. The van der Waals surface area contributed by atoms with Crippen molar-refractivity contribution < 1.29 is 12.3 Å². The zero-order valence-corrected chi connectivity index (χ0v) is 4.08. The van der Waals surface area contributed by atoms with Gasteiger partial charge in [-0.1, -0.05) is 24.2 Å². The predicted molar refractivity (Wildman–Crippen MR) is 35.9 cm³/mol. The highest BCUT2D eigenvalue weighted by Crippen LogP contribution is 2.02. The molecule has 0 aliphatic heterocycles. The van der Waals surface area contributed by atoms with Crippen molar-refractivity contribution in [1.82, 2.24) is 0 Å². The molecule has 0 aromatic heterocycles. The summed E-state index contributed by atoms with van der Waals surface area (Å²) in [6, 6.07) is -2.62. The Hall–Kier alpha value is -0.780. The smallest absolute Gasteiger partial charge is 0.0620 e. The molecular formula is C8H10. The van der Waals surface area contributed by atoms with Gasteiger partial charge >= 0.3 is 0 Å². The van der Waals surface area contributed by atoms with E-state index in [4.69, 9.17) is 12.3 Å². The Balaban J connectivity index is 3.79. The summed E-state index contributed by atoms with van der Waals surface area (Å²) in [6.45, 7) is -4.54. The average molecular weight is 115 g/mol. The Morgan fingerprint density at radius 3 is 2.75 bits per heavy atom. The van der Waals surface area contributed by atoms with E-state index in [1.54, 1.807) is 0 Å². The van der Waals surface area contributed by atoms with E-state index in [0.717, 1.165) is 0 Å². The fourth-order valence-corrected chi connectivity index (χ4v) is 0.322. The molecule has 0 saturated carbocycles. The zero-order chi connectivity index (χ0) is 13.5. The van der Waals surface area contributed by atoms with E-state index in [1.807, 2.05) is 0 Å². The fourth-order valence-electron chi connectivity index (χ4n) is 0.322. The van der Waals surface area contributed by atoms with Crippen molar-refractivity contribution in [3.63, 3.8) is 0 Å². The molecule has 0 heterocycles. The molecule has 0 spiro atoms. The summed E-state index contributed by atoms with van der Waals surface area (Å²) >= 11 is 0. The van der Waals surface area contributed by atoms with Crippen LogP contribution in [0.25, 0.3) is 0 Å². The highest BCUT2D eigenvalue weighted by molar-refractivity contribution is 5.23. The average Bonchev–Trinajstić information content (AvgIpc) is 2.17. The van der Waals surface area contributed by atoms with E-state index in [0.29, 0.717) is 0 Å². The van der Waals surface area contributed by atoms with Gasteiger partial charge in [-0.15, -0.1) is 0 Å². The van der Waals surface area contributed by atoms with Crippen molar-refractivity contribution in [1.29, 1.82) is 0 Å². The normalized spacial score (nSPS) is 27.4. The van der Waals surface area contributed by atoms with Crippen molar-refractivity contribution in [3.05, 3.63) is 35.3 Å². The molecule has 8 heavy (non-hydrogen) atoms. The third-order valence-electron chi connectivity index (χ3n) is 0.717. The van der Waals surface area contributed by atoms with Gasteiger partial charge in [0.1, 0.15) is 0 Å². The quantitative estimate of drug-likeness (QED) is 0.486. The summed E-state index contributed by atoms with van der Waals surface area (Å²) in [6.07, 6.45) is 0. The molecule has 0 radical (unpaired) electrons. The molecule has 1 aromatic rings. The molecule has 0 fully saturated rings. The number of benzene rings is 1. The van der Waals surface area contributed by atoms with E-state index < -0.39 is 49.0 Å². The van der Waals surface area contributed by atoms with Crippen LogP contribution in [0.3, 0.4) is 0 Å². The SMILES string of the molecule is [2H]c1c([2H])c([2H])c(C([2H])([2H])[2H])c(C([2H])[2H])c1[2H]. The Morgan fingerprint density at radius 1 is 1.38 bits per heavy atom. The van der Waals surface area contributed by atoms with Crippen LogP contribution in [-0.2, 0) is 0 Å². The lowest BCUT2D eigenvalue weighted by Crippen LogP contribution is -1.74. The maximum absolute atomic E-state index is 7.51. The van der Waals surface area contributed by atoms with Crippen molar-refractivity contribution in [2.24, 2.45) is 0 Å². The highest BCUT2D eigenvalue weighted by atomic mass is 13.9. The van der Waals surface area contributed by atoms with Gasteiger partial charge in [0.15, 0.2) is 0 Å². The molecule has 0 aliphatic rings. The molecule has 0 amide bonds. The van der Waals surface area contributed by atoms with Gasteiger partial charge in [-0.05, 0) is 24.9 Å². The van der Waals surface area contributed by atoms with Gasteiger partial charge in [0, 0.05) is 6.85 Å². The highest BCUT2D eigenvalue weighted by Gasteiger charge is 1.83. The standard InChI is InChI=1S/C8H10/c1-7-5-3-4-6-8(7)2/h3-6H,1-2H3/i1D2,2D3,3D,4D,5D,6D. The van der Waals surface area contributed by atoms with E-state index in [9.17, 15) is 0 Å². The van der Waals surface area contributed by atoms with Crippen LogP contribution >= 0.6 is 0 Å². The Kier molecular flexibility index (Phi) is 0.265. The van der Waals surface area contributed by atoms with Crippen LogP contribution in [0, 0.1) is 13.7 Å². The van der Waals surface area contributed by atoms with Crippen LogP contribution in [0.2, 0.25) is 0 Å². The maximum Gasteiger partial charge on any atom is 0.0626 e. The minimum Gasteiger partial charge on any atom is -0.0620 e. The van der Waals surface area contributed by atoms with Crippen LogP contribution in [0.15, 0.2) is 24.2 Å². The third kappa shape index (κ3) is 0.890. The second kappa shape index (κ2) is 1.99. The summed E-state index contributed by atoms with van der Waals surface area (Å²) in [5.41, 5.74) is -1.13. The molecule has 1 rings (SSSR count). The largest absolute Gasteiger partial charge is 0.0626 e. The minimum atomic E-state index is -2.77. The first-order valence-corrected chi connectivity index (χ1v) is 2.04. The molecule has 0 N–H and O–H groups in total. The van der Waals surface area contributed by atoms with Gasteiger partial charge < -0.3 is 0 Å². The molecule has 0 nitrogen and oxygen atoms in total. The predicted octanol–water partition coefficient (Wildman–Crippen LogP) is 2.30. The summed E-state index contributed by atoms with van der Waals surface area (Å²) in [4.78, 5) is 0. The topological polar surface area (TPSA) is 0 Å². The summed E-state index contributed by atoms with van der Waals surface area (Å²) < 4.78 is 65.9. The van der Waals surface area contributed by atoms with Gasteiger partial charge in [-0.3, -0.25) is 0 Å². The molecule has 0 atom stereocenters. The van der Waals surface area contributed by atoms with Gasteiger partial charge in [0.25, 0.3) is 0 Å². The molecule has 0 aliphatic carbocycles. The van der Waals surface area contributed by atoms with Crippen molar-refractivity contribution in [2.45, 2.75) is 13.7 Å². The Labute approximate surface area is 62.8 Å². The van der Waals surface area contributed by atoms with E-state index in [-0.39, 0.29) is 0 Å². The van der Waals surface area contributed by atoms with Crippen molar-refractivity contribution >= 4 is 0 Å². The summed E-state index contributed by atoms with van der Waals surface area (Å²) in [5, 5.41) is 0. The van der Waals surface area contributed by atoms with Crippen molar-refractivity contribution in [2.75, 3.05) is 0 Å². The summed E-state index contributed by atoms with van der Waals surface area (Å²) in [5.74, 6) is 0. The molecule has 0 bridgehead atoms. The first kappa shape index (κ1) is 1.06. The Morgan fingerprint density at radius 2 is 2.12 bits per heavy atom.